The van der Waals surface area contributed by atoms with Crippen molar-refractivity contribution in [1.82, 2.24) is 15.6 Å². The molecule has 1 aromatic heterocycles. The molecule has 0 bridgehead atoms. The molecule has 2 heterocycles. The highest BCUT2D eigenvalue weighted by atomic mass is 35.5. The summed E-state index contributed by atoms with van der Waals surface area (Å²) in [6, 6.07) is 19.0. The number of halogens is 1. The lowest BCUT2D eigenvalue weighted by Crippen LogP contribution is -2.51. The van der Waals surface area contributed by atoms with E-state index < -0.39 is 0 Å². The molecule has 2 unspecified atom stereocenters. The molecule has 0 radical (unpaired) electrons. The molecule has 1 aliphatic carbocycles. The number of nitrogens with one attached hydrogen (secondary N) is 3. The summed E-state index contributed by atoms with van der Waals surface area (Å²) in [5, 5.41) is 9.78. The average molecular weight is 534 g/mol. The predicted octanol–water partition coefficient (Wildman–Crippen LogP) is 5.05. The van der Waals surface area contributed by atoms with Gasteiger partial charge in [0.15, 0.2) is 0 Å². The molecule has 2 aliphatic rings. The second-order valence-electron chi connectivity index (χ2n) is 9.99. The number of carbonyl (C=O) groups excluding carboxylic acids is 2. The van der Waals surface area contributed by atoms with Crippen LogP contribution in [-0.2, 0) is 10.3 Å². The van der Waals surface area contributed by atoms with Gasteiger partial charge in [-0.1, -0.05) is 23.7 Å². The number of pyridine rings is 1. The van der Waals surface area contributed by atoms with Gasteiger partial charge in [0.2, 0.25) is 5.91 Å². The normalized spacial score (nSPS) is 19.8. The van der Waals surface area contributed by atoms with E-state index >= 15 is 0 Å². The Morgan fingerprint density at radius 2 is 1.79 bits per heavy atom. The first kappa shape index (κ1) is 25.9. The van der Waals surface area contributed by atoms with Gasteiger partial charge < -0.3 is 25.6 Å². The topological polar surface area (TPSA) is 95.6 Å². The van der Waals surface area contributed by atoms with Crippen LogP contribution in [0.25, 0.3) is 0 Å². The summed E-state index contributed by atoms with van der Waals surface area (Å²) in [5.74, 6) is 0.658. The lowest BCUT2D eigenvalue weighted by atomic mass is 9.88. The smallest absolute Gasteiger partial charge is 0.319 e. The number of anilines is 2. The molecule has 2 aromatic carbocycles. The van der Waals surface area contributed by atoms with Crippen molar-refractivity contribution < 1.29 is 14.3 Å². The highest BCUT2D eigenvalue weighted by molar-refractivity contribution is 6.30. The van der Waals surface area contributed by atoms with Crippen LogP contribution < -0.4 is 25.6 Å². The van der Waals surface area contributed by atoms with Gasteiger partial charge in [0.1, 0.15) is 5.75 Å². The van der Waals surface area contributed by atoms with Gasteiger partial charge >= 0.3 is 6.03 Å². The lowest BCUT2D eigenvalue weighted by molar-refractivity contribution is -0.120. The third-order valence-electron chi connectivity index (χ3n) is 7.36. The Hall–Kier alpha value is -3.78. The van der Waals surface area contributed by atoms with E-state index in [4.69, 9.17) is 16.3 Å². The van der Waals surface area contributed by atoms with E-state index in [1.54, 1.807) is 44.5 Å². The molecule has 2 fully saturated rings. The van der Waals surface area contributed by atoms with Gasteiger partial charge in [0, 0.05) is 54.1 Å². The van der Waals surface area contributed by atoms with Crippen molar-refractivity contribution in [2.75, 3.05) is 30.4 Å². The number of amides is 3. The first-order chi connectivity index (χ1) is 18.3. The minimum absolute atomic E-state index is 0.00363. The summed E-state index contributed by atoms with van der Waals surface area (Å²) in [6.45, 7) is 3.05. The van der Waals surface area contributed by atoms with E-state index in [2.05, 4.69) is 50.1 Å². The molecule has 1 saturated carbocycles. The van der Waals surface area contributed by atoms with Gasteiger partial charge in [-0.25, -0.2) is 4.79 Å². The minimum Gasteiger partial charge on any atom is -0.495 e. The first-order valence-electron chi connectivity index (χ1n) is 12.8. The number of nitrogens with zero attached hydrogens (tertiary/aromatic N) is 2. The van der Waals surface area contributed by atoms with Crippen LogP contribution in [0.5, 0.6) is 5.75 Å². The molecule has 2 atom stereocenters. The van der Waals surface area contributed by atoms with Crippen LogP contribution in [0.2, 0.25) is 5.02 Å². The maximum Gasteiger partial charge on any atom is 0.319 e. The van der Waals surface area contributed by atoms with Crippen LogP contribution >= 0.6 is 11.6 Å². The largest absolute Gasteiger partial charge is 0.495 e. The highest BCUT2D eigenvalue weighted by Gasteiger charge is 2.45. The Kier molecular flexibility index (Phi) is 7.42. The zero-order valence-electron chi connectivity index (χ0n) is 21.5. The Bertz CT molecular complexity index is 1280. The fraction of sp³-hybridized carbons (Fsp3) is 0.345. The summed E-state index contributed by atoms with van der Waals surface area (Å²) in [4.78, 5) is 31.5. The molecule has 1 saturated heterocycles. The Balaban J connectivity index is 1.32. The fourth-order valence-corrected chi connectivity index (χ4v) is 5.32. The molecular formula is C29H32ClN5O3. The Labute approximate surface area is 227 Å². The molecular weight excluding hydrogens is 502 g/mol. The zero-order valence-corrected chi connectivity index (χ0v) is 22.3. The molecule has 198 valence electrons. The van der Waals surface area contributed by atoms with Crippen LogP contribution in [0.15, 0.2) is 66.9 Å². The summed E-state index contributed by atoms with van der Waals surface area (Å²) in [6.07, 6.45) is 4.40. The molecule has 9 heteroatoms. The number of piperidine rings is 1. The maximum absolute atomic E-state index is 12.9. The van der Waals surface area contributed by atoms with Crippen molar-refractivity contribution in [3.63, 3.8) is 0 Å². The molecule has 3 amide bonds. The van der Waals surface area contributed by atoms with E-state index in [1.807, 2.05) is 12.1 Å². The van der Waals surface area contributed by atoms with Crippen molar-refractivity contribution >= 4 is 34.9 Å². The van der Waals surface area contributed by atoms with Gasteiger partial charge in [0.05, 0.1) is 18.8 Å². The van der Waals surface area contributed by atoms with Crippen molar-refractivity contribution in [3.8, 4) is 5.75 Å². The second-order valence-corrected chi connectivity index (χ2v) is 10.4. The summed E-state index contributed by atoms with van der Waals surface area (Å²) >= 11 is 5.96. The molecule has 5 rings (SSSR count). The summed E-state index contributed by atoms with van der Waals surface area (Å²) in [7, 11) is 1.62. The van der Waals surface area contributed by atoms with E-state index in [-0.39, 0.29) is 29.4 Å². The molecule has 1 aliphatic heterocycles. The van der Waals surface area contributed by atoms with Gasteiger partial charge in [-0.15, -0.1) is 0 Å². The van der Waals surface area contributed by atoms with E-state index in [0.717, 1.165) is 42.8 Å². The van der Waals surface area contributed by atoms with Crippen LogP contribution in [0.1, 0.15) is 43.4 Å². The second kappa shape index (κ2) is 10.9. The molecule has 3 N–H and O–H groups in total. The predicted molar refractivity (Wildman–Crippen MR) is 149 cm³/mol. The number of carbonyl (C=O) groups is 2. The summed E-state index contributed by atoms with van der Waals surface area (Å²) in [5.41, 5.74) is 3.60. The van der Waals surface area contributed by atoms with Gasteiger partial charge in [-0.2, -0.15) is 0 Å². The average Bonchev–Trinajstić information content (AvgIpc) is 3.70. The van der Waals surface area contributed by atoms with Crippen molar-refractivity contribution in [2.24, 2.45) is 0 Å². The molecule has 3 aromatic rings. The third-order valence-corrected chi connectivity index (χ3v) is 7.61. The van der Waals surface area contributed by atoms with Crippen LogP contribution in [0.3, 0.4) is 0 Å². The van der Waals surface area contributed by atoms with E-state index in [0.29, 0.717) is 23.0 Å². The number of ether oxygens (including phenoxy) is 1. The van der Waals surface area contributed by atoms with Gasteiger partial charge in [0.25, 0.3) is 0 Å². The van der Waals surface area contributed by atoms with Crippen LogP contribution in [0.4, 0.5) is 16.2 Å². The monoisotopic (exact) mass is 533 g/mol. The Morgan fingerprint density at radius 3 is 2.39 bits per heavy atom. The fourth-order valence-electron chi connectivity index (χ4n) is 5.20. The standard InChI is InChI=1S/C29H32ClN5O3/c1-19(36)34-29(14-15-29)20-3-9-23(10-4-20)35-16-13-27(25(18-35)26-12-11-24(38-2)17-31-26)33-28(37)32-22-7-5-21(30)6-8-22/h3-12,17,25,27H,13-16,18H2,1-2H3,(H,34,36)(H2,32,33,37). The number of hydrogen-bond acceptors (Lipinski definition) is 5. The van der Waals surface area contributed by atoms with Crippen LogP contribution in [0, 0.1) is 0 Å². The number of aromatic nitrogens is 1. The quantitative estimate of drug-likeness (QED) is 0.395. The molecule has 8 nitrogen and oxygen atoms in total. The number of benzene rings is 2. The summed E-state index contributed by atoms with van der Waals surface area (Å²) < 4.78 is 5.29. The highest BCUT2D eigenvalue weighted by Crippen LogP contribution is 2.46. The van der Waals surface area contributed by atoms with Gasteiger partial charge in [-0.05, 0) is 73.4 Å². The van der Waals surface area contributed by atoms with E-state index in [9.17, 15) is 9.59 Å². The van der Waals surface area contributed by atoms with Gasteiger partial charge in [-0.3, -0.25) is 9.78 Å². The zero-order chi connectivity index (χ0) is 26.7. The van der Waals surface area contributed by atoms with E-state index in [1.165, 1.54) is 0 Å². The number of urea groups is 1. The van der Waals surface area contributed by atoms with Crippen molar-refractivity contribution in [1.29, 1.82) is 0 Å². The first-order valence-corrected chi connectivity index (χ1v) is 13.2. The van der Waals surface area contributed by atoms with Crippen LogP contribution in [-0.4, -0.2) is 43.2 Å². The van der Waals surface area contributed by atoms with Crippen molar-refractivity contribution in [3.05, 3.63) is 83.1 Å². The van der Waals surface area contributed by atoms with Crippen molar-refractivity contribution in [2.45, 2.75) is 43.7 Å². The lowest BCUT2D eigenvalue weighted by Gasteiger charge is -2.40. The third kappa shape index (κ3) is 5.86. The SMILES string of the molecule is COc1ccc(C2CN(c3ccc(C4(NC(C)=O)CC4)cc3)CCC2NC(=O)Nc2ccc(Cl)cc2)nc1. The molecule has 0 spiro atoms. The Morgan fingerprint density at radius 1 is 1.05 bits per heavy atom. The number of methoxy groups -OCH3 is 1. The number of hydrogen-bond donors (Lipinski definition) is 3. The molecule has 38 heavy (non-hydrogen) atoms. The minimum atomic E-state index is -0.263. The maximum atomic E-state index is 12.9. The number of rotatable bonds is 7.